The highest BCUT2D eigenvalue weighted by Gasteiger charge is 2.10. The van der Waals surface area contributed by atoms with Crippen molar-refractivity contribution >= 4 is 0 Å². The molecular weight excluding hydrogens is 164 g/mol. The number of hydrogen-bond acceptors (Lipinski definition) is 4. The molecule has 1 unspecified atom stereocenters. The third-order valence-electron chi connectivity index (χ3n) is 1.89. The summed E-state index contributed by atoms with van der Waals surface area (Å²) in [5.41, 5.74) is 3.78. The summed E-state index contributed by atoms with van der Waals surface area (Å²) >= 11 is 0. The third-order valence-corrected chi connectivity index (χ3v) is 1.89. The predicted octanol–water partition coefficient (Wildman–Crippen LogP) is 1.09. The Kier molecular flexibility index (Phi) is 3.79. The van der Waals surface area contributed by atoms with Gasteiger partial charge in [0.2, 0.25) is 0 Å². The van der Waals surface area contributed by atoms with E-state index in [1.807, 2.05) is 19.3 Å². The van der Waals surface area contributed by atoms with Gasteiger partial charge in [-0.25, -0.2) is 15.4 Å². The van der Waals surface area contributed by atoms with Crippen LogP contribution in [0.3, 0.4) is 0 Å². The van der Waals surface area contributed by atoms with Gasteiger partial charge in [0, 0.05) is 12.4 Å². The van der Waals surface area contributed by atoms with Crippen molar-refractivity contribution in [1.29, 1.82) is 0 Å². The number of aromatic nitrogens is 2. The lowest BCUT2D eigenvalue weighted by molar-refractivity contribution is 0.485. The highest BCUT2D eigenvalue weighted by Crippen LogP contribution is 2.12. The minimum atomic E-state index is 0.0746. The lowest BCUT2D eigenvalue weighted by Gasteiger charge is -2.12. The number of nitrogens with two attached hydrogens (primary N) is 1. The highest BCUT2D eigenvalue weighted by atomic mass is 15.2. The standard InChI is InChI=1S/C9H16N4/c1-3-4-8(13-10)9-11-5-7(2)6-12-9/h5-6,8,13H,3-4,10H2,1-2H3. The summed E-state index contributed by atoms with van der Waals surface area (Å²) in [7, 11) is 0. The zero-order valence-corrected chi connectivity index (χ0v) is 8.12. The van der Waals surface area contributed by atoms with Gasteiger partial charge in [-0.1, -0.05) is 13.3 Å². The maximum absolute atomic E-state index is 5.40. The Bertz CT molecular complexity index is 244. The van der Waals surface area contributed by atoms with Gasteiger partial charge in [-0.15, -0.1) is 0 Å². The molecule has 0 aromatic carbocycles. The van der Waals surface area contributed by atoms with Gasteiger partial charge >= 0.3 is 0 Å². The first-order chi connectivity index (χ1) is 6.27. The van der Waals surface area contributed by atoms with Gasteiger partial charge < -0.3 is 0 Å². The Morgan fingerprint density at radius 2 is 2.08 bits per heavy atom. The number of aryl methyl sites for hydroxylation is 1. The van der Waals surface area contributed by atoms with E-state index in [0.717, 1.165) is 24.2 Å². The smallest absolute Gasteiger partial charge is 0.146 e. The molecule has 0 saturated heterocycles. The summed E-state index contributed by atoms with van der Waals surface area (Å²) in [4.78, 5) is 8.43. The maximum Gasteiger partial charge on any atom is 0.146 e. The molecule has 0 aliphatic heterocycles. The van der Waals surface area contributed by atoms with Crippen LogP contribution in [0.25, 0.3) is 0 Å². The summed E-state index contributed by atoms with van der Waals surface area (Å²) in [6, 6.07) is 0.0746. The molecule has 13 heavy (non-hydrogen) atoms. The molecule has 0 aliphatic rings. The van der Waals surface area contributed by atoms with Gasteiger partial charge in [-0.2, -0.15) is 0 Å². The summed E-state index contributed by atoms with van der Waals surface area (Å²) < 4.78 is 0. The first-order valence-electron chi connectivity index (χ1n) is 4.52. The van der Waals surface area contributed by atoms with E-state index < -0.39 is 0 Å². The molecule has 0 bridgehead atoms. The molecule has 1 atom stereocenters. The molecule has 1 heterocycles. The fourth-order valence-electron chi connectivity index (χ4n) is 1.16. The van der Waals surface area contributed by atoms with Crippen molar-refractivity contribution in [2.45, 2.75) is 32.7 Å². The van der Waals surface area contributed by atoms with Crippen molar-refractivity contribution in [2.24, 2.45) is 5.84 Å². The number of rotatable bonds is 4. The van der Waals surface area contributed by atoms with E-state index >= 15 is 0 Å². The Hall–Kier alpha value is -1.00. The quantitative estimate of drug-likeness (QED) is 0.537. The van der Waals surface area contributed by atoms with E-state index in [9.17, 15) is 0 Å². The fourth-order valence-corrected chi connectivity index (χ4v) is 1.16. The minimum Gasteiger partial charge on any atom is -0.271 e. The average Bonchev–Trinajstić information content (AvgIpc) is 2.16. The maximum atomic E-state index is 5.40. The lowest BCUT2D eigenvalue weighted by atomic mass is 10.1. The SMILES string of the molecule is CCCC(NN)c1ncc(C)cn1. The predicted molar refractivity (Wildman–Crippen MR) is 51.7 cm³/mol. The van der Waals surface area contributed by atoms with Crippen LogP contribution >= 0.6 is 0 Å². The van der Waals surface area contributed by atoms with Gasteiger partial charge in [-0.3, -0.25) is 5.84 Å². The first-order valence-corrected chi connectivity index (χ1v) is 4.52. The summed E-state index contributed by atoms with van der Waals surface area (Å²) in [5.74, 6) is 6.17. The van der Waals surface area contributed by atoms with Crippen molar-refractivity contribution < 1.29 is 0 Å². The Morgan fingerprint density at radius 1 is 1.46 bits per heavy atom. The number of hydrogen-bond donors (Lipinski definition) is 2. The average molecular weight is 180 g/mol. The van der Waals surface area contributed by atoms with Crippen LogP contribution in [-0.2, 0) is 0 Å². The van der Waals surface area contributed by atoms with Gasteiger partial charge in [0.25, 0.3) is 0 Å². The molecule has 0 fully saturated rings. The van der Waals surface area contributed by atoms with Crippen LogP contribution in [0.5, 0.6) is 0 Å². The van der Waals surface area contributed by atoms with Crippen molar-refractivity contribution in [3.8, 4) is 0 Å². The number of nitrogens with one attached hydrogen (secondary N) is 1. The van der Waals surface area contributed by atoms with Gasteiger partial charge in [0.15, 0.2) is 0 Å². The number of hydrazine groups is 1. The molecule has 1 aromatic heterocycles. The van der Waals surface area contributed by atoms with Gasteiger partial charge in [0.05, 0.1) is 6.04 Å². The summed E-state index contributed by atoms with van der Waals surface area (Å²) in [6.07, 6.45) is 5.64. The largest absolute Gasteiger partial charge is 0.271 e. The summed E-state index contributed by atoms with van der Waals surface area (Å²) in [5, 5.41) is 0. The van der Waals surface area contributed by atoms with Crippen LogP contribution in [0.15, 0.2) is 12.4 Å². The molecule has 4 nitrogen and oxygen atoms in total. The van der Waals surface area contributed by atoms with E-state index in [2.05, 4.69) is 22.3 Å². The van der Waals surface area contributed by atoms with E-state index in [1.165, 1.54) is 0 Å². The topological polar surface area (TPSA) is 63.8 Å². The molecule has 72 valence electrons. The van der Waals surface area contributed by atoms with Gasteiger partial charge in [-0.05, 0) is 18.9 Å². The Morgan fingerprint density at radius 3 is 2.54 bits per heavy atom. The van der Waals surface area contributed by atoms with Crippen LogP contribution in [0.1, 0.15) is 37.2 Å². The molecule has 0 saturated carbocycles. The van der Waals surface area contributed by atoms with Crippen LogP contribution in [-0.4, -0.2) is 9.97 Å². The molecule has 4 heteroatoms. The van der Waals surface area contributed by atoms with Crippen LogP contribution < -0.4 is 11.3 Å². The zero-order chi connectivity index (χ0) is 9.68. The van der Waals surface area contributed by atoms with Crippen LogP contribution in [0.2, 0.25) is 0 Å². The normalized spacial score (nSPS) is 12.8. The second-order valence-corrected chi connectivity index (χ2v) is 3.13. The molecule has 0 radical (unpaired) electrons. The van der Waals surface area contributed by atoms with E-state index in [1.54, 1.807) is 0 Å². The summed E-state index contributed by atoms with van der Waals surface area (Å²) in [6.45, 7) is 4.08. The van der Waals surface area contributed by atoms with E-state index in [-0.39, 0.29) is 6.04 Å². The third kappa shape index (κ3) is 2.75. The lowest BCUT2D eigenvalue weighted by Crippen LogP contribution is -2.29. The van der Waals surface area contributed by atoms with Crippen molar-refractivity contribution in [2.75, 3.05) is 0 Å². The van der Waals surface area contributed by atoms with E-state index in [0.29, 0.717) is 0 Å². The zero-order valence-electron chi connectivity index (χ0n) is 8.12. The first kappa shape index (κ1) is 10.1. The molecule has 0 amide bonds. The minimum absolute atomic E-state index is 0.0746. The fraction of sp³-hybridized carbons (Fsp3) is 0.556. The monoisotopic (exact) mass is 180 g/mol. The number of nitrogens with zero attached hydrogens (tertiary/aromatic N) is 2. The molecule has 0 spiro atoms. The Balaban J connectivity index is 2.73. The second-order valence-electron chi connectivity index (χ2n) is 3.13. The Labute approximate surface area is 78.6 Å². The van der Waals surface area contributed by atoms with Crippen LogP contribution in [0.4, 0.5) is 0 Å². The van der Waals surface area contributed by atoms with E-state index in [4.69, 9.17) is 5.84 Å². The molecular formula is C9H16N4. The highest BCUT2D eigenvalue weighted by molar-refractivity contribution is 5.04. The molecule has 1 aromatic rings. The molecule has 1 rings (SSSR count). The van der Waals surface area contributed by atoms with Crippen molar-refractivity contribution in [3.63, 3.8) is 0 Å². The van der Waals surface area contributed by atoms with Gasteiger partial charge in [0.1, 0.15) is 5.82 Å². The molecule has 3 N–H and O–H groups in total. The van der Waals surface area contributed by atoms with Crippen LogP contribution in [0, 0.1) is 6.92 Å². The molecule has 0 aliphatic carbocycles. The van der Waals surface area contributed by atoms with Crippen molar-refractivity contribution in [3.05, 3.63) is 23.8 Å². The van der Waals surface area contributed by atoms with Crippen molar-refractivity contribution in [1.82, 2.24) is 15.4 Å². The second kappa shape index (κ2) is 4.89.